The van der Waals surface area contributed by atoms with Gasteiger partial charge >= 0.3 is 5.97 Å². The van der Waals surface area contributed by atoms with Gasteiger partial charge < -0.3 is 10.1 Å². The molecule has 1 atom stereocenters. The third-order valence-electron chi connectivity index (χ3n) is 8.00. The quantitative estimate of drug-likeness (QED) is 0.229. The molecule has 2 aromatic carbocycles. The molecule has 2 heterocycles. The fraction of sp³-hybridized carbons (Fsp3) is 0.323. The Kier molecular flexibility index (Phi) is 7.43. The highest BCUT2D eigenvalue weighted by Gasteiger charge is 2.35. The lowest BCUT2D eigenvalue weighted by Crippen LogP contribution is -2.28. The van der Waals surface area contributed by atoms with Gasteiger partial charge in [0, 0.05) is 20.3 Å². The lowest BCUT2D eigenvalue weighted by atomic mass is 9.69. The van der Waals surface area contributed by atoms with Crippen molar-refractivity contribution in [3.05, 3.63) is 80.6 Å². The molecule has 196 valence electrons. The van der Waals surface area contributed by atoms with Crippen molar-refractivity contribution in [1.29, 1.82) is 0 Å². The molecule has 4 aromatic rings. The molecule has 7 heteroatoms. The number of benzene rings is 2. The number of anilines is 1. The molecule has 0 saturated heterocycles. The first-order chi connectivity index (χ1) is 18.2. The Morgan fingerprint density at radius 2 is 1.89 bits per heavy atom. The molecule has 5 rings (SSSR count). The molecular formula is C31H31BrN2O3S. The number of carbonyl (C=O) groups excluding carboxylic acids is 2. The molecule has 5 nitrogen and oxygen atoms in total. The monoisotopic (exact) mass is 590 g/mol. The van der Waals surface area contributed by atoms with Gasteiger partial charge in [0.15, 0.2) is 0 Å². The number of pyridine rings is 1. The van der Waals surface area contributed by atoms with Crippen molar-refractivity contribution in [2.75, 3.05) is 12.4 Å². The second-order valence-electron chi connectivity index (χ2n) is 10.5. The van der Waals surface area contributed by atoms with Gasteiger partial charge in [-0.05, 0) is 60.4 Å². The number of rotatable bonds is 6. The number of carbonyl (C=O) groups is 2. The van der Waals surface area contributed by atoms with Crippen molar-refractivity contribution >= 4 is 55.0 Å². The maximum Gasteiger partial charge on any atom is 0.341 e. The summed E-state index contributed by atoms with van der Waals surface area (Å²) in [5.74, 6) is -0.136. The number of aromatic nitrogens is 1. The summed E-state index contributed by atoms with van der Waals surface area (Å²) in [6.07, 6.45) is 3.84. The van der Waals surface area contributed by atoms with Crippen LogP contribution in [0.1, 0.15) is 64.8 Å². The fourth-order valence-electron chi connectivity index (χ4n) is 5.25. The van der Waals surface area contributed by atoms with Crippen molar-refractivity contribution in [3.8, 4) is 11.3 Å². The van der Waals surface area contributed by atoms with Crippen LogP contribution in [-0.4, -0.2) is 24.0 Å². The van der Waals surface area contributed by atoms with Crippen molar-refractivity contribution < 1.29 is 14.3 Å². The molecular weight excluding hydrogens is 560 g/mol. The zero-order valence-electron chi connectivity index (χ0n) is 22.1. The first-order valence-corrected chi connectivity index (χ1v) is 14.5. The number of esters is 1. The minimum atomic E-state index is -0.402. The number of halogens is 1. The minimum Gasteiger partial charge on any atom is -0.465 e. The predicted octanol–water partition coefficient (Wildman–Crippen LogP) is 8.31. The van der Waals surface area contributed by atoms with E-state index in [0.717, 1.165) is 52.2 Å². The van der Waals surface area contributed by atoms with E-state index in [9.17, 15) is 9.59 Å². The number of amides is 1. The van der Waals surface area contributed by atoms with Gasteiger partial charge in [-0.1, -0.05) is 73.5 Å². The number of nitrogens with zero attached hydrogens (tertiary/aromatic N) is 1. The zero-order valence-corrected chi connectivity index (χ0v) is 24.5. The van der Waals surface area contributed by atoms with E-state index in [1.807, 2.05) is 54.6 Å². The van der Waals surface area contributed by atoms with Gasteiger partial charge in [-0.15, -0.1) is 11.3 Å². The van der Waals surface area contributed by atoms with Gasteiger partial charge in [-0.3, -0.25) is 4.79 Å². The van der Waals surface area contributed by atoms with Crippen LogP contribution in [-0.2, 0) is 17.6 Å². The van der Waals surface area contributed by atoms with Gasteiger partial charge in [-0.25, -0.2) is 9.78 Å². The average Bonchev–Trinajstić information content (AvgIpc) is 3.29. The lowest BCUT2D eigenvalue weighted by molar-refractivity contribution is 0.0600. The smallest absolute Gasteiger partial charge is 0.341 e. The molecule has 0 radical (unpaired) electrons. The van der Waals surface area contributed by atoms with Gasteiger partial charge in [-0.2, -0.15) is 0 Å². The topological polar surface area (TPSA) is 68.3 Å². The molecule has 0 spiro atoms. The summed E-state index contributed by atoms with van der Waals surface area (Å²) in [4.78, 5) is 32.7. The van der Waals surface area contributed by atoms with Crippen LogP contribution >= 0.6 is 27.3 Å². The van der Waals surface area contributed by atoms with Crippen LogP contribution in [0.25, 0.3) is 22.2 Å². The molecule has 2 aromatic heterocycles. The summed E-state index contributed by atoms with van der Waals surface area (Å²) < 4.78 is 6.14. The van der Waals surface area contributed by atoms with Crippen LogP contribution in [0.4, 0.5) is 5.00 Å². The van der Waals surface area contributed by atoms with Gasteiger partial charge in [0.2, 0.25) is 0 Å². The minimum absolute atomic E-state index is 0.218. The Hall–Kier alpha value is -3.03. The second kappa shape index (κ2) is 10.6. The summed E-state index contributed by atoms with van der Waals surface area (Å²) >= 11 is 4.99. The highest BCUT2D eigenvalue weighted by Crippen LogP contribution is 2.46. The van der Waals surface area contributed by atoms with E-state index < -0.39 is 5.97 Å². The fourth-order valence-corrected chi connectivity index (χ4v) is 6.82. The number of ether oxygens (including phenoxy) is 1. The summed E-state index contributed by atoms with van der Waals surface area (Å²) in [6, 6.07) is 17.3. The molecule has 1 amide bonds. The number of para-hydroxylation sites is 1. The highest BCUT2D eigenvalue weighted by atomic mass is 79.9. The molecule has 38 heavy (non-hydrogen) atoms. The molecule has 0 saturated carbocycles. The summed E-state index contributed by atoms with van der Waals surface area (Å²) in [5, 5.41) is 4.41. The Balaban J connectivity index is 1.55. The first-order valence-electron chi connectivity index (χ1n) is 12.9. The van der Waals surface area contributed by atoms with E-state index in [1.54, 1.807) is 0 Å². The highest BCUT2D eigenvalue weighted by molar-refractivity contribution is 9.10. The number of thiophene rings is 1. The maximum absolute atomic E-state index is 13.8. The van der Waals surface area contributed by atoms with E-state index in [1.165, 1.54) is 23.3 Å². The number of methoxy groups -OCH3 is 1. The largest absolute Gasteiger partial charge is 0.465 e. The third-order valence-corrected chi connectivity index (χ3v) is 9.70. The van der Waals surface area contributed by atoms with E-state index in [0.29, 0.717) is 27.7 Å². The van der Waals surface area contributed by atoms with Gasteiger partial charge in [0.1, 0.15) is 5.00 Å². The normalized spacial score (nSPS) is 15.2. The van der Waals surface area contributed by atoms with Crippen molar-refractivity contribution in [2.45, 2.75) is 46.5 Å². The predicted molar refractivity (Wildman–Crippen MR) is 158 cm³/mol. The Morgan fingerprint density at radius 3 is 2.61 bits per heavy atom. The number of hydrogen-bond donors (Lipinski definition) is 1. The summed E-state index contributed by atoms with van der Waals surface area (Å²) in [6.45, 7) is 6.87. The van der Waals surface area contributed by atoms with Crippen LogP contribution in [0.5, 0.6) is 0 Å². The SMILES string of the molecule is CCC(C)(C)C1CCc2c(sc(NC(=O)c3cc(-c4ccc(Br)cc4)nc4ccccc34)c2C(=O)OC)C1. The van der Waals surface area contributed by atoms with Crippen LogP contribution in [0, 0.1) is 11.3 Å². The lowest BCUT2D eigenvalue weighted by Gasteiger charge is -2.36. The van der Waals surface area contributed by atoms with Crippen molar-refractivity contribution in [3.63, 3.8) is 0 Å². The Bertz CT molecular complexity index is 1520. The van der Waals surface area contributed by atoms with Crippen LogP contribution in [0.3, 0.4) is 0 Å². The van der Waals surface area contributed by atoms with E-state index in [-0.39, 0.29) is 11.3 Å². The zero-order chi connectivity index (χ0) is 27.0. The Morgan fingerprint density at radius 1 is 1.16 bits per heavy atom. The second-order valence-corrected chi connectivity index (χ2v) is 12.5. The van der Waals surface area contributed by atoms with Crippen molar-refractivity contribution in [1.82, 2.24) is 4.98 Å². The summed E-state index contributed by atoms with van der Waals surface area (Å²) in [7, 11) is 1.39. The third kappa shape index (κ3) is 5.02. The average molecular weight is 592 g/mol. The number of fused-ring (bicyclic) bond motifs is 2. The maximum atomic E-state index is 13.8. The van der Waals surface area contributed by atoms with E-state index >= 15 is 0 Å². The van der Waals surface area contributed by atoms with Crippen LogP contribution in [0.2, 0.25) is 0 Å². The number of nitrogens with one attached hydrogen (secondary N) is 1. The van der Waals surface area contributed by atoms with Crippen LogP contribution < -0.4 is 5.32 Å². The van der Waals surface area contributed by atoms with Crippen LogP contribution in [0.15, 0.2) is 59.1 Å². The molecule has 1 aliphatic rings. The molecule has 1 aliphatic carbocycles. The molecule has 0 aliphatic heterocycles. The Labute approximate surface area is 235 Å². The first kappa shape index (κ1) is 26.6. The molecule has 1 unspecified atom stereocenters. The van der Waals surface area contributed by atoms with Crippen molar-refractivity contribution in [2.24, 2.45) is 11.3 Å². The van der Waals surface area contributed by atoms with Gasteiger partial charge in [0.25, 0.3) is 5.91 Å². The van der Waals surface area contributed by atoms with Gasteiger partial charge in [0.05, 0.1) is 29.4 Å². The molecule has 1 N–H and O–H groups in total. The van der Waals surface area contributed by atoms with E-state index in [4.69, 9.17) is 9.72 Å². The molecule has 0 fully saturated rings. The standard InChI is InChI=1S/C31H31BrN2O3S/c1-5-31(2,3)19-12-15-22-26(16-19)38-29(27(22)30(36)37-4)34-28(35)23-17-25(18-10-13-20(32)14-11-18)33-24-9-7-6-8-21(23)24/h6-11,13-14,17,19H,5,12,15-16H2,1-4H3,(H,34,35). The number of hydrogen-bond acceptors (Lipinski definition) is 5. The summed E-state index contributed by atoms with van der Waals surface area (Å²) in [5.41, 5.74) is 4.62. The van der Waals surface area contributed by atoms with E-state index in [2.05, 4.69) is 42.0 Å². The molecule has 0 bridgehead atoms.